The average molecular weight is 521 g/mol. The van der Waals surface area contributed by atoms with Crippen molar-refractivity contribution in [3.8, 4) is 11.6 Å². The maximum atomic E-state index is 13.5. The van der Waals surface area contributed by atoms with Crippen molar-refractivity contribution in [1.82, 2.24) is 9.78 Å². The lowest BCUT2D eigenvalue weighted by molar-refractivity contribution is -0.126. The van der Waals surface area contributed by atoms with Crippen LogP contribution in [-0.4, -0.2) is 35.8 Å². The Morgan fingerprint density at radius 2 is 1.81 bits per heavy atom. The van der Waals surface area contributed by atoms with Crippen LogP contribution in [0.2, 0.25) is 0 Å². The lowest BCUT2D eigenvalue weighted by atomic mass is 9.70. The number of aromatic nitrogens is 2. The molecule has 36 heavy (non-hydrogen) atoms. The number of aryl methyl sites for hydroxylation is 1. The van der Waals surface area contributed by atoms with Crippen LogP contribution in [0.5, 0.6) is 5.88 Å². The first-order valence-electron chi connectivity index (χ1n) is 11.5. The molecular weight excluding hydrogens is 493 g/mol. The fraction of sp³-hybridized carbons (Fsp3) is 0.385. The minimum Gasteiger partial charge on any atom is -0.480 e. The van der Waals surface area contributed by atoms with E-state index >= 15 is 0 Å². The van der Waals surface area contributed by atoms with Crippen molar-refractivity contribution in [3.63, 3.8) is 0 Å². The molecule has 0 bridgehead atoms. The number of Topliss-reactive ketones (excluding diaryl/α,β-unsaturated/α-hetero) is 1. The number of sulfone groups is 1. The van der Waals surface area contributed by atoms with Gasteiger partial charge in [0, 0.05) is 36.6 Å². The Morgan fingerprint density at radius 1 is 1.17 bits per heavy atom. The number of alkyl halides is 2. The minimum atomic E-state index is -3.84. The molecule has 6 nitrogen and oxygen atoms in total. The third-order valence-electron chi connectivity index (χ3n) is 7.02. The molecule has 2 aromatic carbocycles. The van der Waals surface area contributed by atoms with Gasteiger partial charge < -0.3 is 4.74 Å². The molecule has 10 heteroatoms. The predicted molar refractivity (Wildman–Crippen MR) is 128 cm³/mol. The maximum Gasteiger partial charge on any atom is 0.270 e. The highest BCUT2D eigenvalue weighted by molar-refractivity contribution is 7.93. The molecule has 1 heterocycles. The summed E-state index contributed by atoms with van der Waals surface area (Å²) in [5, 5.41) is 4.33. The minimum absolute atomic E-state index is 0.00120. The van der Waals surface area contributed by atoms with Crippen LogP contribution in [0.1, 0.15) is 44.2 Å². The number of hydrogen-bond acceptors (Lipinski definition) is 5. The van der Waals surface area contributed by atoms with Crippen molar-refractivity contribution in [2.75, 3.05) is 7.11 Å². The Morgan fingerprint density at radius 3 is 2.33 bits per heavy atom. The van der Waals surface area contributed by atoms with Crippen LogP contribution < -0.4 is 4.74 Å². The largest absolute Gasteiger partial charge is 0.480 e. The van der Waals surface area contributed by atoms with E-state index in [9.17, 15) is 26.4 Å². The number of hydrogen-bond donors (Lipinski definition) is 0. The summed E-state index contributed by atoms with van der Waals surface area (Å²) in [4.78, 5) is 13.1. The zero-order chi connectivity index (χ0) is 26.3. The van der Waals surface area contributed by atoms with E-state index in [0.29, 0.717) is 30.0 Å². The van der Waals surface area contributed by atoms with E-state index in [1.165, 1.54) is 48.2 Å². The van der Waals surface area contributed by atoms with Gasteiger partial charge in [-0.05, 0) is 62.6 Å². The van der Waals surface area contributed by atoms with Gasteiger partial charge in [-0.1, -0.05) is 12.1 Å². The summed E-state index contributed by atoms with van der Waals surface area (Å²) in [6.07, 6.45) is 2.83. The lowest BCUT2D eigenvalue weighted by Gasteiger charge is -2.45. The molecule has 0 N–H and O–H groups in total. The van der Waals surface area contributed by atoms with E-state index in [2.05, 4.69) is 5.10 Å². The molecule has 1 saturated carbocycles. The number of rotatable bonds is 9. The van der Waals surface area contributed by atoms with Gasteiger partial charge in [-0.3, -0.25) is 4.79 Å². The maximum absolute atomic E-state index is 13.5. The first-order valence-corrected chi connectivity index (χ1v) is 13.0. The van der Waals surface area contributed by atoms with E-state index in [1.54, 1.807) is 13.1 Å². The molecule has 1 fully saturated rings. The number of halogens is 3. The van der Waals surface area contributed by atoms with Crippen molar-refractivity contribution in [3.05, 3.63) is 71.7 Å². The third kappa shape index (κ3) is 4.66. The number of methoxy groups -OCH3 is 1. The second-order valence-corrected chi connectivity index (χ2v) is 11.8. The summed E-state index contributed by atoms with van der Waals surface area (Å²) in [5.74, 6) is -4.04. The normalized spacial score (nSPS) is 20.1. The fourth-order valence-electron chi connectivity index (χ4n) is 4.61. The number of nitrogens with zero attached hydrogens (tertiary/aromatic N) is 2. The Balaban J connectivity index is 1.48. The van der Waals surface area contributed by atoms with Gasteiger partial charge in [0.2, 0.25) is 5.88 Å². The molecule has 0 amide bonds. The molecule has 1 aliphatic carbocycles. The van der Waals surface area contributed by atoms with Gasteiger partial charge in [-0.15, -0.1) is 5.10 Å². The van der Waals surface area contributed by atoms with Gasteiger partial charge >= 0.3 is 0 Å². The average Bonchev–Trinajstić information content (AvgIpc) is 3.24. The first kappa shape index (κ1) is 25.9. The van der Waals surface area contributed by atoms with E-state index in [0.717, 1.165) is 19.1 Å². The highest BCUT2D eigenvalue weighted by Crippen LogP contribution is 2.48. The zero-order valence-corrected chi connectivity index (χ0v) is 21.0. The van der Waals surface area contributed by atoms with E-state index in [-0.39, 0.29) is 29.1 Å². The molecule has 4 rings (SSSR count). The number of ketones is 1. The lowest BCUT2D eigenvalue weighted by Crippen LogP contribution is -2.54. The molecule has 0 spiro atoms. The Hall–Kier alpha value is -3.14. The molecule has 0 radical (unpaired) electrons. The number of carbonyl (C=O) groups excluding carboxylic acids is 1. The molecule has 2 atom stereocenters. The Bertz CT molecular complexity index is 1360. The van der Waals surface area contributed by atoms with Gasteiger partial charge in [0.15, 0.2) is 9.84 Å². The summed E-state index contributed by atoms with van der Waals surface area (Å²) in [7, 11) is -2.40. The second kappa shape index (κ2) is 9.38. The van der Waals surface area contributed by atoms with Crippen LogP contribution >= 0.6 is 0 Å². The Labute approximate surface area is 208 Å². The zero-order valence-electron chi connectivity index (χ0n) is 20.2. The van der Waals surface area contributed by atoms with E-state index in [1.807, 2.05) is 0 Å². The van der Waals surface area contributed by atoms with Crippen LogP contribution in [0.15, 0.2) is 59.6 Å². The van der Waals surface area contributed by atoms with Crippen LogP contribution in [-0.2, 0) is 27.0 Å². The summed E-state index contributed by atoms with van der Waals surface area (Å²) < 4.78 is 72.3. The molecule has 192 valence electrons. The molecule has 2 unspecified atom stereocenters. The SMILES string of the molecule is COc1nn(-c2ccc(C(C)(F)F)cc2)cc1CCC(=O)C1CCC1(C)S(=O)(=O)c1ccc(F)cc1. The van der Waals surface area contributed by atoms with Crippen LogP contribution in [0.3, 0.4) is 0 Å². The molecule has 1 aromatic heterocycles. The van der Waals surface area contributed by atoms with Crippen molar-refractivity contribution < 1.29 is 31.1 Å². The smallest absolute Gasteiger partial charge is 0.270 e. The van der Waals surface area contributed by atoms with Gasteiger partial charge in [-0.25, -0.2) is 26.3 Å². The molecule has 1 aliphatic rings. The monoisotopic (exact) mass is 520 g/mol. The molecule has 0 aliphatic heterocycles. The molecule has 3 aromatic rings. The van der Waals surface area contributed by atoms with E-state index < -0.39 is 32.2 Å². The van der Waals surface area contributed by atoms with Crippen LogP contribution in [0.4, 0.5) is 13.2 Å². The highest BCUT2D eigenvalue weighted by atomic mass is 32.2. The quantitative estimate of drug-likeness (QED) is 0.359. The first-order chi connectivity index (χ1) is 16.9. The van der Waals surface area contributed by atoms with E-state index in [4.69, 9.17) is 4.74 Å². The Kier molecular flexibility index (Phi) is 6.76. The van der Waals surface area contributed by atoms with Crippen molar-refractivity contribution >= 4 is 15.6 Å². The molecular formula is C26H27F3N2O4S. The van der Waals surface area contributed by atoms with Crippen LogP contribution in [0.25, 0.3) is 5.69 Å². The van der Waals surface area contributed by atoms with Gasteiger partial charge in [0.25, 0.3) is 5.92 Å². The number of carbonyl (C=O) groups is 1. The predicted octanol–water partition coefficient (Wildman–Crippen LogP) is 5.28. The standard InChI is InChI=1S/C26H27F3N2O4S/c1-25(36(33,34)21-11-7-19(27)8-12-21)15-14-22(25)23(32)13-4-17-16-31(30-24(17)35-3)20-9-5-18(6-10-20)26(2,28)29/h5-12,16,22H,4,13-15H2,1-3H3. The van der Waals surface area contributed by atoms with Crippen molar-refractivity contribution in [2.45, 2.75) is 55.1 Å². The van der Waals surface area contributed by atoms with Gasteiger partial charge in [0.1, 0.15) is 11.6 Å². The molecule has 0 saturated heterocycles. The summed E-state index contributed by atoms with van der Waals surface area (Å²) in [6, 6.07) is 10.3. The fourth-order valence-corrected chi connectivity index (χ4v) is 6.65. The van der Waals surface area contributed by atoms with Gasteiger partial charge in [0.05, 0.1) is 22.4 Å². The summed E-state index contributed by atoms with van der Waals surface area (Å²) in [6.45, 7) is 2.39. The summed E-state index contributed by atoms with van der Waals surface area (Å²) >= 11 is 0. The second-order valence-electron chi connectivity index (χ2n) is 9.37. The number of benzene rings is 2. The third-order valence-corrected chi connectivity index (χ3v) is 9.63. The van der Waals surface area contributed by atoms with Crippen molar-refractivity contribution in [1.29, 1.82) is 0 Å². The summed E-state index contributed by atoms with van der Waals surface area (Å²) in [5.41, 5.74) is 1.07. The number of ether oxygens (including phenoxy) is 1. The van der Waals surface area contributed by atoms with Crippen molar-refractivity contribution in [2.24, 2.45) is 5.92 Å². The highest BCUT2D eigenvalue weighted by Gasteiger charge is 2.55. The topological polar surface area (TPSA) is 78.3 Å². The van der Waals surface area contributed by atoms with Gasteiger partial charge in [-0.2, -0.15) is 0 Å². The van der Waals surface area contributed by atoms with Crippen LogP contribution in [0, 0.1) is 11.7 Å².